The van der Waals surface area contributed by atoms with Crippen molar-refractivity contribution in [3.63, 3.8) is 0 Å². The fourth-order valence-corrected chi connectivity index (χ4v) is 3.28. The van der Waals surface area contributed by atoms with Gasteiger partial charge in [-0.3, -0.25) is 10.1 Å². The normalized spacial score (nSPS) is 10.6. The molecule has 0 fully saturated rings. The molecule has 0 saturated heterocycles. The number of hydrogen-bond acceptors (Lipinski definition) is 8. The molecule has 2 aromatic heterocycles. The van der Waals surface area contributed by atoms with Crippen LogP contribution in [0.1, 0.15) is 32.4 Å². The van der Waals surface area contributed by atoms with Gasteiger partial charge >= 0.3 is 0 Å². The fourth-order valence-electron chi connectivity index (χ4n) is 2.51. The summed E-state index contributed by atoms with van der Waals surface area (Å²) in [6.45, 7) is 3.41. The van der Waals surface area contributed by atoms with E-state index in [1.807, 2.05) is 18.2 Å². The molecule has 2 heterocycles. The van der Waals surface area contributed by atoms with Crippen LogP contribution in [0.5, 0.6) is 11.5 Å². The molecule has 0 aliphatic rings. The first-order chi connectivity index (χ1) is 12.5. The van der Waals surface area contributed by atoms with E-state index < -0.39 is 0 Å². The lowest BCUT2D eigenvalue weighted by molar-refractivity contribution is 0.102. The van der Waals surface area contributed by atoms with E-state index in [1.165, 1.54) is 11.3 Å². The molecule has 1 amide bonds. The van der Waals surface area contributed by atoms with Crippen LogP contribution in [0.15, 0.2) is 22.7 Å². The maximum atomic E-state index is 12.3. The topological polar surface area (TPSA) is 99.4 Å². The van der Waals surface area contributed by atoms with Crippen molar-refractivity contribution in [2.24, 2.45) is 0 Å². The Morgan fingerprint density at radius 3 is 2.62 bits per heavy atom. The van der Waals surface area contributed by atoms with Crippen LogP contribution in [0, 0.1) is 13.8 Å². The molecule has 0 unspecified atom stereocenters. The van der Waals surface area contributed by atoms with Crippen molar-refractivity contribution in [2.75, 3.05) is 19.5 Å². The summed E-state index contributed by atoms with van der Waals surface area (Å²) in [5.74, 6) is 1.48. The molecule has 9 heteroatoms. The maximum absolute atomic E-state index is 12.3. The molecule has 0 spiro atoms. The van der Waals surface area contributed by atoms with Crippen molar-refractivity contribution in [2.45, 2.75) is 20.3 Å². The summed E-state index contributed by atoms with van der Waals surface area (Å²) in [5, 5.41) is 15.9. The second kappa shape index (κ2) is 7.52. The van der Waals surface area contributed by atoms with Crippen LogP contribution in [0.4, 0.5) is 5.13 Å². The maximum Gasteiger partial charge on any atom is 0.263 e. The van der Waals surface area contributed by atoms with E-state index in [2.05, 4.69) is 20.7 Å². The Kier molecular flexibility index (Phi) is 5.17. The van der Waals surface area contributed by atoms with Gasteiger partial charge in [0.05, 0.1) is 19.9 Å². The van der Waals surface area contributed by atoms with E-state index >= 15 is 0 Å². The average Bonchev–Trinajstić information content (AvgIpc) is 3.20. The minimum absolute atomic E-state index is 0.310. The molecule has 3 aromatic rings. The van der Waals surface area contributed by atoms with E-state index in [0.717, 1.165) is 10.6 Å². The smallest absolute Gasteiger partial charge is 0.263 e. The van der Waals surface area contributed by atoms with E-state index in [-0.39, 0.29) is 5.91 Å². The number of aryl methyl sites for hydroxylation is 2. The first kappa shape index (κ1) is 17.9. The summed E-state index contributed by atoms with van der Waals surface area (Å²) in [7, 11) is 3.19. The Balaban J connectivity index is 1.71. The van der Waals surface area contributed by atoms with Crippen LogP contribution in [-0.2, 0) is 6.42 Å². The quantitative estimate of drug-likeness (QED) is 0.708. The van der Waals surface area contributed by atoms with Gasteiger partial charge in [0.2, 0.25) is 5.13 Å². The SMILES string of the molecule is COc1ccc(Cc2nnc(NC(=O)c3c(C)noc3C)s2)cc1OC. The Labute approximate surface area is 154 Å². The number of ether oxygens (including phenoxy) is 2. The number of carbonyl (C=O) groups excluding carboxylic acids is 1. The third-order valence-corrected chi connectivity index (χ3v) is 4.59. The zero-order valence-corrected chi connectivity index (χ0v) is 15.6. The lowest BCUT2D eigenvalue weighted by atomic mass is 10.1. The van der Waals surface area contributed by atoms with Crippen LogP contribution >= 0.6 is 11.3 Å². The summed E-state index contributed by atoms with van der Waals surface area (Å²) >= 11 is 1.31. The van der Waals surface area contributed by atoms with Gasteiger partial charge in [-0.25, -0.2) is 0 Å². The van der Waals surface area contributed by atoms with Crippen LogP contribution in [0.3, 0.4) is 0 Å². The van der Waals surface area contributed by atoms with Crippen LogP contribution in [0.25, 0.3) is 0 Å². The number of nitrogens with zero attached hydrogens (tertiary/aromatic N) is 3. The average molecular weight is 374 g/mol. The number of nitrogens with one attached hydrogen (secondary N) is 1. The van der Waals surface area contributed by atoms with Crippen molar-refractivity contribution in [3.8, 4) is 11.5 Å². The van der Waals surface area contributed by atoms with E-state index in [4.69, 9.17) is 14.0 Å². The minimum atomic E-state index is -0.310. The molecule has 0 aliphatic carbocycles. The number of anilines is 1. The second-order valence-electron chi connectivity index (χ2n) is 5.52. The van der Waals surface area contributed by atoms with Gasteiger partial charge in [-0.2, -0.15) is 0 Å². The van der Waals surface area contributed by atoms with E-state index in [9.17, 15) is 4.79 Å². The first-order valence-corrected chi connectivity index (χ1v) is 8.61. The standard InChI is InChI=1S/C17H18N4O4S/c1-9-15(10(2)25-21-9)16(22)18-17-20-19-14(26-17)8-11-5-6-12(23-3)13(7-11)24-4/h5-7H,8H2,1-4H3,(H,18,20,22). The van der Waals surface area contributed by atoms with Crippen molar-refractivity contribution >= 4 is 22.4 Å². The van der Waals surface area contributed by atoms with Crippen molar-refractivity contribution in [1.29, 1.82) is 0 Å². The summed E-state index contributed by atoms with van der Waals surface area (Å²) in [5.41, 5.74) is 1.96. The molecule has 3 rings (SSSR count). The molecular weight excluding hydrogens is 356 g/mol. The van der Waals surface area contributed by atoms with Crippen LogP contribution < -0.4 is 14.8 Å². The highest BCUT2D eigenvalue weighted by atomic mass is 32.1. The lowest BCUT2D eigenvalue weighted by Gasteiger charge is -2.08. The molecule has 0 bridgehead atoms. The number of amides is 1. The molecule has 26 heavy (non-hydrogen) atoms. The number of aromatic nitrogens is 3. The molecular formula is C17H18N4O4S. The number of benzene rings is 1. The molecule has 0 atom stereocenters. The highest BCUT2D eigenvalue weighted by Crippen LogP contribution is 2.29. The molecule has 0 aliphatic heterocycles. The Morgan fingerprint density at radius 2 is 1.96 bits per heavy atom. The molecule has 8 nitrogen and oxygen atoms in total. The van der Waals surface area contributed by atoms with Crippen molar-refractivity contribution in [3.05, 3.63) is 45.8 Å². The third kappa shape index (κ3) is 3.67. The van der Waals surface area contributed by atoms with Gasteiger partial charge in [0.15, 0.2) is 11.5 Å². The van der Waals surface area contributed by atoms with Gasteiger partial charge in [0.1, 0.15) is 16.3 Å². The summed E-state index contributed by atoms with van der Waals surface area (Å²) in [6.07, 6.45) is 0.569. The fraction of sp³-hybridized carbons (Fsp3) is 0.294. The Bertz CT molecular complexity index is 915. The van der Waals surface area contributed by atoms with Crippen LogP contribution in [-0.4, -0.2) is 35.5 Å². The zero-order valence-electron chi connectivity index (χ0n) is 14.8. The van der Waals surface area contributed by atoms with E-state index in [1.54, 1.807) is 28.1 Å². The third-order valence-electron chi connectivity index (χ3n) is 3.75. The molecule has 0 radical (unpaired) electrons. The van der Waals surface area contributed by atoms with Gasteiger partial charge in [-0.1, -0.05) is 22.6 Å². The molecule has 1 N–H and O–H groups in total. The molecule has 1 aromatic carbocycles. The lowest BCUT2D eigenvalue weighted by Crippen LogP contribution is -2.13. The van der Waals surface area contributed by atoms with E-state index in [0.29, 0.717) is 40.1 Å². The minimum Gasteiger partial charge on any atom is -0.493 e. The summed E-state index contributed by atoms with van der Waals surface area (Å²) in [4.78, 5) is 12.3. The zero-order chi connectivity index (χ0) is 18.7. The van der Waals surface area contributed by atoms with Crippen LogP contribution in [0.2, 0.25) is 0 Å². The van der Waals surface area contributed by atoms with Gasteiger partial charge in [-0.15, -0.1) is 10.2 Å². The van der Waals surface area contributed by atoms with Crippen molar-refractivity contribution in [1.82, 2.24) is 15.4 Å². The number of methoxy groups -OCH3 is 2. The number of hydrogen-bond donors (Lipinski definition) is 1. The first-order valence-electron chi connectivity index (χ1n) is 7.79. The summed E-state index contributed by atoms with van der Waals surface area (Å²) < 4.78 is 15.6. The molecule has 0 saturated carbocycles. The summed E-state index contributed by atoms with van der Waals surface area (Å²) in [6, 6.07) is 5.67. The second-order valence-corrected chi connectivity index (χ2v) is 6.58. The number of carbonyl (C=O) groups is 1. The van der Waals surface area contributed by atoms with Gasteiger partial charge in [-0.05, 0) is 31.5 Å². The predicted octanol–water partition coefficient (Wildman–Crippen LogP) is 3.00. The van der Waals surface area contributed by atoms with Crippen molar-refractivity contribution < 1.29 is 18.8 Å². The monoisotopic (exact) mass is 374 g/mol. The van der Waals surface area contributed by atoms with Gasteiger partial charge in [0, 0.05) is 6.42 Å². The van der Waals surface area contributed by atoms with Gasteiger partial charge in [0.25, 0.3) is 5.91 Å². The highest BCUT2D eigenvalue weighted by molar-refractivity contribution is 7.15. The number of rotatable bonds is 6. The highest BCUT2D eigenvalue weighted by Gasteiger charge is 2.19. The Morgan fingerprint density at radius 1 is 1.19 bits per heavy atom. The predicted molar refractivity (Wildman–Crippen MR) is 96.2 cm³/mol. The Hall–Kier alpha value is -2.94. The largest absolute Gasteiger partial charge is 0.493 e. The van der Waals surface area contributed by atoms with Gasteiger partial charge < -0.3 is 14.0 Å². The molecule has 136 valence electrons.